The minimum absolute atomic E-state index is 0.0998. The number of hydrogen-bond donors (Lipinski definition) is 0. The Morgan fingerprint density at radius 1 is 1.09 bits per heavy atom. The zero-order valence-electron chi connectivity index (χ0n) is 18.7. The van der Waals surface area contributed by atoms with Gasteiger partial charge in [-0.2, -0.15) is 0 Å². The summed E-state index contributed by atoms with van der Waals surface area (Å²) in [5, 5.41) is 0.808. The van der Waals surface area contributed by atoms with Crippen LogP contribution in [0.2, 0.25) is 0 Å². The molecule has 3 heterocycles. The number of methoxy groups -OCH3 is 2. The Morgan fingerprint density at radius 2 is 1.88 bits per heavy atom. The van der Waals surface area contributed by atoms with Crippen LogP contribution in [0.1, 0.15) is 17.5 Å². The van der Waals surface area contributed by atoms with E-state index >= 15 is 0 Å². The van der Waals surface area contributed by atoms with Crippen molar-refractivity contribution in [3.63, 3.8) is 0 Å². The predicted molar refractivity (Wildman–Crippen MR) is 124 cm³/mol. The second kappa shape index (κ2) is 8.07. The summed E-state index contributed by atoms with van der Waals surface area (Å²) in [4.78, 5) is 15.1. The molecule has 2 aliphatic rings. The van der Waals surface area contributed by atoms with Crippen LogP contribution in [0.4, 0.5) is 0 Å². The number of hydrogen-bond acceptors (Lipinski definition) is 8. The van der Waals surface area contributed by atoms with Crippen molar-refractivity contribution in [2.45, 2.75) is 25.9 Å². The number of benzene rings is 2. The molecule has 33 heavy (non-hydrogen) atoms. The fourth-order valence-corrected chi connectivity index (χ4v) is 6.52. The van der Waals surface area contributed by atoms with Gasteiger partial charge in [0.05, 0.1) is 36.9 Å². The lowest BCUT2D eigenvalue weighted by atomic mass is 9.97. The third-order valence-electron chi connectivity index (χ3n) is 6.54. The van der Waals surface area contributed by atoms with E-state index < -0.39 is 15.5 Å². The van der Waals surface area contributed by atoms with Gasteiger partial charge >= 0.3 is 5.63 Å². The highest BCUT2D eigenvalue weighted by atomic mass is 32.2. The van der Waals surface area contributed by atoms with Crippen LogP contribution >= 0.6 is 0 Å². The molecule has 0 aliphatic carbocycles. The van der Waals surface area contributed by atoms with E-state index in [-0.39, 0.29) is 17.5 Å². The van der Waals surface area contributed by atoms with Crippen molar-refractivity contribution < 1.29 is 27.0 Å². The first-order chi connectivity index (χ1) is 15.8. The fourth-order valence-electron chi connectivity index (χ4n) is 4.76. The molecule has 0 saturated carbocycles. The summed E-state index contributed by atoms with van der Waals surface area (Å²) in [5.41, 5.74) is 2.70. The van der Waals surface area contributed by atoms with Gasteiger partial charge in [-0.3, -0.25) is 4.90 Å². The van der Waals surface area contributed by atoms with E-state index in [1.165, 1.54) is 0 Å². The molecule has 2 aliphatic heterocycles. The molecule has 8 nitrogen and oxygen atoms in total. The third kappa shape index (κ3) is 3.75. The molecule has 3 aromatic rings. The predicted octanol–water partition coefficient (Wildman–Crippen LogP) is 3.12. The fraction of sp³-hybridized carbons (Fsp3) is 0.375. The Bertz CT molecular complexity index is 1410. The summed E-state index contributed by atoms with van der Waals surface area (Å²) in [6.45, 7) is 2.67. The maximum atomic E-state index is 13.1. The average Bonchev–Trinajstić information content (AvgIpc) is 3.18. The van der Waals surface area contributed by atoms with Crippen LogP contribution < -0.4 is 19.8 Å². The van der Waals surface area contributed by atoms with Crippen molar-refractivity contribution in [1.29, 1.82) is 0 Å². The minimum atomic E-state index is -3.02. The van der Waals surface area contributed by atoms with E-state index in [9.17, 15) is 13.2 Å². The number of ether oxygens (including phenoxy) is 3. The minimum Gasteiger partial charge on any atom is -0.493 e. The summed E-state index contributed by atoms with van der Waals surface area (Å²) >= 11 is 0. The van der Waals surface area contributed by atoms with Gasteiger partial charge in [0.1, 0.15) is 18.1 Å². The summed E-state index contributed by atoms with van der Waals surface area (Å²) in [5.74, 6) is 2.07. The topological polar surface area (TPSA) is 95.3 Å². The van der Waals surface area contributed by atoms with Crippen LogP contribution in [-0.4, -0.2) is 51.8 Å². The van der Waals surface area contributed by atoms with Crippen molar-refractivity contribution in [3.8, 4) is 28.4 Å². The van der Waals surface area contributed by atoms with Crippen molar-refractivity contribution in [2.75, 3.05) is 32.5 Å². The van der Waals surface area contributed by atoms with Gasteiger partial charge < -0.3 is 18.6 Å². The highest BCUT2D eigenvalue weighted by Crippen LogP contribution is 2.38. The molecule has 1 atom stereocenters. The Kier molecular flexibility index (Phi) is 5.33. The highest BCUT2D eigenvalue weighted by molar-refractivity contribution is 7.91. The number of aryl methyl sites for hydroxylation is 1. The van der Waals surface area contributed by atoms with Crippen molar-refractivity contribution in [3.05, 3.63) is 51.9 Å². The second-order valence-corrected chi connectivity index (χ2v) is 10.7. The van der Waals surface area contributed by atoms with Gasteiger partial charge in [0.2, 0.25) is 0 Å². The van der Waals surface area contributed by atoms with E-state index in [1.54, 1.807) is 32.4 Å². The highest BCUT2D eigenvalue weighted by Gasteiger charge is 2.35. The molecule has 1 saturated heterocycles. The quantitative estimate of drug-likeness (QED) is 0.536. The molecule has 0 bridgehead atoms. The molecular formula is C24H25NO7S. The lowest BCUT2D eigenvalue weighted by Gasteiger charge is -2.33. The molecular weight excluding hydrogens is 446 g/mol. The largest absolute Gasteiger partial charge is 0.493 e. The standard InChI is InChI=1S/C24H25NO7S/c1-14-17-5-7-19-18(11-25(13-31-19)16-8-9-33(27,28)12-16)23(17)32-24(26)22(14)15-4-6-20(29-2)21(10-15)30-3/h4-7,10,16H,8-9,11-13H2,1-3H3. The van der Waals surface area contributed by atoms with Crippen LogP contribution in [0.25, 0.3) is 22.1 Å². The van der Waals surface area contributed by atoms with Crippen molar-refractivity contribution in [1.82, 2.24) is 4.90 Å². The van der Waals surface area contributed by atoms with E-state index in [0.29, 0.717) is 53.7 Å². The van der Waals surface area contributed by atoms with E-state index in [4.69, 9.17) is 18.6 Å². The van der Waals surface area contributed by atoms with Crippen molar-refractivity contribution >= 4 is 20.8 Å². The van der Waals surface area contributed by atoms with E-state index in [1.807, 2.05) is 24.0 Å². The summed E-state index contributed by atoms with van der Waals surface area (Å²) < 4.78 is 46.4. The van der Waals surface area contributed by atoms with Gasteiger partial charge in [0.25, 0.3) is 0 Å². The Hall–Kier alpha value is -3.04. The molecule has 0 N–H and O–H groups in total. The zero-order chi connectivity index (χ0) is 23.3. The maximum absolute atomic E-state index is 13.1. The maximum Gasteiger partial charge on any atom is 0.344 e. The second-order valence-electron chi connectivity index (χ2n) is 8.46. The first-order valence-electron chi connectivity index (χ1n) is 10.7. The van der Waals surface area contributed by atoms with Gasteiger partial charge in [-0.15, -0.1) is 0 Å². The molecule has 0 radical (unpaired) electrons. The Labute approximate surface area is 191 Å². The normalized spacial score (nSPS) is 19.8. The number of rotatable bonds is 4. The van der Waals surface area contributed by atoms with Crippen molar-refractivity contribution in [2.24, 2.45) is 0 Å². The molecule has 2 aromatic carbocycles. The molecule has 1 unspecified atom stereocenters. The van der Waals surface area contributed by atoms with Gasteiger partial charge in [0.15, 0.2) is 21.3 Å². The van der Waals surface area contributed by atoms with Gasteiger partial charge in [-0.05, 0) is 48.7 Å². The molecule has 1 fully saturated rings. The molecule has 0 spiro atoms. The first kappa shape index (κ1) is 21.8. The summed E-state index contributed by atoms with van der Waals surface area (Å²) in [6, 6.07) is 8.99. The third-order valence-corrected chi connectivity index (χ3v) is 8.29. The Balaban J connectivity index is 1.59. The smallest absolute Gasteiger partial charge is 0.344 e. The van der Waals surface area contributed by atoms with Crippen LogP contribution in [0.5, 0.6) is 17.2 Å². The lowest BCUT2D eigenvalue weighted by Crippen LogP contribution is -2.41. The average molecular weight is 472 g/mol. The number of fused-ring (bicyclic) bond motifs is 3. The monoisotopic (exact) mass is 471 g/mol. The van der Waals surface area contributed by atoms with Crippen LogP contribution in [0.3, 0.4) is 0 Å². The summed E-state index contributed by atoms with van der Waals surface area (Å²) in [6.07, 6.45) is 0.582. The van der Waals surface area contributed by atoms with E-state index in [0.717, 1.165) is 16.5 Å². The number of sulfone groups is 1. The lowest BCUT2D eigenvalue weighted by molar-refractivity contribution is 0.0649. The van der Waals surface area contributed by atoms with Crippen LogP contribution in [0.15, 0.2) is 39.5 Å². The SMILES string of the molecule is COc1ccc(-c2c(C)c3ccc4c(c3oc2=O)CN(C2CCS(=O)(=O)C2)CO4)cc1OC. The molecule has 5 rings (SSSR count). The Morgan fingerprint density at radius 3 is 2.58 bits per heavy atom. The molecule has 1 aromatic heterocycles. The zero-order valence-corrected chi connectivity index (χ0v) is 19.5. The van der Waals surface area contributed by atoms with Gasteiger partial charge in [0, 0.05) is 18.0 Å². The number of nitrogens with zero attached hydrogens (tertiary/aromatic N) is 1. The van der Waals surface area contributed by atoms with Gasteiger partial charge in [-0.25, -0.2) is 13.2 Å². The van der Waals surface area contributed by atoms with E-state index in [2.05, 4.69) is 0 Å². The molecule has 174 valence electrons. The van der Waals surface area contributed by atoms with Gasteiger partial charge in [-0.1, -0.05) is 6.07 Å². The molecule has 9 heteroatoms. The summed E-state index contributed by atoms with van der Waals surface area (Å²) in [7, 11) is 0.0898. The molecule has 0 amide bonds. The van der Waals surface area contributed by atoms with Crippen LogP contribution in [-0.2, 0) is 16.4 Å². The first-order valence-corrected chi connectivity index (χ1v) is 12.5. The van der Waals surface area contributed by atoms with Crippen LogP contribution in [0, 0.1) is 6.92 Å².